The third-order valence-electron chi connectivity index (χ3n) is 3.75. The zero-order valence-corrected chi connectivity index (χ0v) is 16.3. The van der Waals surface area contributed by atoms with Crippen LogP contribution in [-0.2, 0) is 9.53 Å². The van der Waals surface area contributed by atoms with E-state index in [0.717, 1.165) is 16.9 Å². The first-order chi connectivity index (χ1) is 13.4. The predicted octanol–water partition coefficient (Wildman–Crippen LogP) is 3.54. The number of esters is 1. The van der Waals surface area contributed by atoms with Crippen LogP contribution in [0.25, 0.3) is 17.6 Å². The second-order valence-corrected chi connectivity index (χ2v) is 6.62. The van der Waals surface area contributed by atoms with Crippen LogP contribution in [0, 0.1) is 6.92 Å². The molecule has 3 aromatic rings. The molecule has 0 aliphatic rings. The van der Waals surface area contributed by atoms with E-state index in [-0.39, 0.29) is 6.10 Å². The van der Waals surface area contributed by atoms with Crippen molar-refractivity contribution in [3.05, 3.63) is 54.4 Å². The molecule has 8 heteroatoms. The molecular formula is C20H23N5O3. The first-order valence-corrected chi connectivity index (χ1v) is 8.98. The highest BCUT2D eigenvalue weighted by molar-refractivity contribution is 5.85. The van der Waals surface area contributed by atoms with Gasteiger partial charge in [-0.05, 0) is 51.5 Å². The Balaban J connectivity index is 1.67. The molecule has 0 amide bonds. The van der Waals surface area contributed by atoms with Crippen molar-refractivity contribution in [1.29, 1.82) is 0 Å². The van der Waals surface area contributed by atoms with Crippen molar-refractivity contribution >= 4 is 12.2 Å². The minimum atomic E-state index is -0.496. The number of nitrogens with one attached hydrogen (secondary N) is 1. The SMILES string of the molecule is Cc1cc(OC(C)C)cc(-c2ncn(/C=C\C(=O)O[C@@H](C)c3ncc[nH]3)n2)c1. The van der Waals surface area contributed by atoms with Gasteiger partial charge in [-0.15, -0.1) is 5.10 Å². The molecular weight excluding hydrogens is 358 g/mol. The molecule has 28 heavy (non-hydrogen) atoms. The van der Waals surface area contributed by atoms with E-state index in [0.29, 0.717) is 11.6 Å². The van der Waals surface area contributed by atoms with Gasteiger partial charge in [-0.3, -0.25) is 0 Å². The maximum atomic E-state index is 12.0. The van der Waals surface area contributed by atoms with Crippen LogP contribution in [0.15, 0.2) is 43.0 Å². The monoisotopic (exact) mass is 381 g/mol. The van der Waals surface area contributed by atoms with Gasteiger partial charge >= 0.3 is 5.97 Å². The Morgan fingerprint density at radius 2 is 2.04 bits per heavy atom. The van der Waals surface area contributed by atoms with Gasteiger partial charge < -0.3 is 14.5 Å². The van der Waals surface area contributed by atoms with Crippen LogP contribution in [0.1, 0.15) is 38.3 Å². The molecule has 0 spiro atoms. The summed E-state index contributed by atoms with van der Waals surface area (Å²) in [6.07, 6.45) is 7.21. The molecule has 2 heterocycles. The van der Waals surface area contributed by atoms with Crippen LogP contribution in [0.5, 0.6) is 5.75 Å². The van der Waals surface area contributed by atoms with Crippen LogP contribution in [0.3, 0.4) is 0 Å². The van der Waals surface area contributed by atoms with Crippen molar-refractivity contribution in [3.63, 3.8) is 0 Å². The Bertz CT molecular complexity index is 960. The standard InChI is InChI=1S/C20H23N5O3/c1-13(2)27-17-10-14(3)9-16(11-17)20-23-12-25(24-20)8-5-18(26)28-15(4)19-21-6-7-22-19/h5-13,15H,1-4H3,(H,21,22)/b8-5-/t15-/m0/s1. The van der Waals surface area contributed by atoms with Gasteiger partial charge in [0.15, 0.2) is 11.9 Å². The number of benzene rings is 1. The smallest absolute Gasteiger partial charge is 0.333 e. The zero-order chi connectivity index (χ0) is 20.1. The van der Waals surface area contributed by atoms with Crippen molar-refractivity contribution in [2.45, 2.75) is 39.9 Å². The lowest BCUT2D eigenvalue weighted by Crippen LogP contribution is -2.07. The summed E-state index contributed by atoms with van der Waals surface area (Å²) in [5.74, 6) is 1.40. The van der Waals surface area contributed by atoms with Gasteiger partial charge in [0.1, 0.15) is 17.9 Å². The topological polar surface area (TPSA) is 94.9 Å². The van der Waals surface area contributed by atoms with Gasteiger partial charge in [0, 0.05) is 30.2 Å². The molecule has 0 aliphatic heterocycles. The van der Waals surface area contributed by atoms with E-state index in [1.54, 1.807) is 19.3 Å². The number of carbonyl (C=O) groups excluding carboxylic acids is 1. The highest BCUT2D eigenvalue weighted by atomic mass is 16.5. The van der Waals surface area contributed by atoms with E-state index in [1.165, 1.54) is 23.3 Å². The number of hydrogen-bond acceptors (Lipinski definition) is 6. The summed E-state index contributed by atoms with van der Waals surface area (Å²) in [5, 5.41) is 4.38. The molecule has 0 bridgehead atoms. The van der Waals surface area contributed by atoms with Crippen molar-refractivity contribution in [3.8, 4) is 17.1 Å². The van der Waals surface area contributed by atoms with E-state index < -0.39 is 12.1 Å². The maximum absolute atomic E-state index is 12.0. The van der Waals surface area contributed by atoms with E-state index >= 15 is 0 Å². The number of nitrogens with zero attached hydrogens (tertiary/aromatic N) is 4. The van der Waals surface area contributed by atoms with Crippen LogP contribution >= 0.6 is 0 Å². The Hall–Kier alpha value is -3.42. The number of carbonyl (C=O) groups is 1. The number of rotatable bonds is 7. The molecule has 3 rings (SSSR count). The Morgan fingerprint density at radius 3 is 2.75 bits per heavy atom. The number of aryl methyl sites for hydroxylation is 1. The summed E-state index contributed by atoms with van der Waals surface area (Å²) >= 11 is 0. The largest absolute Gasteiger partial charge is 0.491 e. The third kappa shape index (κ3) is 5.06. The summed E-state index contributed by atoms with van der Waals surface area (Å²) in [4.78, 5) is 23.2. The maximum Gasteiger partial charge on any atom is 0.333 e. The van der Waals surface area contributed by atoms with Gasteiger partial charge in [-0.25, -0.2) is 19.4 Å². The first-order valence-electron chi connectivity index (χ1n) is 8.98. The van der Waals surface area contributed by atoms with E-state index in [1.807, 2.05) is 39.0 Å². The number of aromatic nitrogens is 5. The lowest BCUT2D eigenvalue weighted by atomic mass is 10.1. The number of imidazole rings is 1. The van der Waals surface area contributed by atoms with Crippen LogP contribution in [0.4, 0.5) is 0 Å². The summed E-state index contributed by atoms with van der Waals surface area (Å²) in [6.45, 7) is 7.69. The summed E-state index contributed by atoms with van der Waals surface area (Å²) in [5.41, 5.74) is 1.90. The molecule has 1 atom stereocenters. The van der Waals surface area contributed by atoms with Crippen molar-refractivity contribution < 1.29 is 14.3 Å². The fourth-order valence-corrected chi connectivity index (χ4v) is 2.60. The highest BCUT2D eigenvalue weighted by Gasteiger charge is 2.12. The van der Waals surface area contributed by atoms with Crippen LogP contribution < -0.4 is 4.74 Å². The number of hydrogen-bond donors (Lipinski definition) is 1. The molecule has 2 aromatic heterocycles. The molecule has 0 aliphatic carbocycles. The van der Waals surface area contributed by atoms with E-state index in [2.05, 4.69) is 20.1 Å². The molecule has 0 saturated heterocycles. The number of ether oxygens (including phenoxy) is 2. The van der Waals surface area contributed by atoms with Crippen LogP contribution in [-0.4, -0.2) is 36.8 Å². The summed E-state index contributed by atoms with van der Waals surface area (Å²) in [7, 11) is 0. The molecule has 146 valence electrons. The molecule has 0 radical (unpaired) electrons. The molecule has 1 N–H and O–H groups in total. The lowest BCUT2D eigenvalue weighted by molar-refractivity contribution is -0.142. The highest BCUT2D eigenvalue weighted by Crippen LogP contribution is 2.24. The Labute approximate surface area is 163 Å². The Kier molecular flexibility index (Phi) is 5.88. The molecule has 1 aromatic carbocycles. The Morgan fingerprint density at radius 1 is 1.21 bits per heavy atom. The molecule has 0 unspecified atom stereocenters. The van der Waals surface area contributed by atoms with Crippen LogP contribution in [0.2, 0.25) is 0 Å². The van der Waals surface area contributed by atoms with Gasteiger partial charge in [0.25, 0.3) is 0 Å². The normalized spacial score (nSPS) is 12.5. The molecule has 0 saturated carbocycles. The summed E-state index contributed by atoms with van der Waals surface area (Å²) < 4.78 is 12.5. The van der Waals surface area contributed by atoms with Gasteiger partial charge in [0.05, 0.1) is 6.10 Å². The van der Waals surface area contributed by atoms with Crippen molar-refractivity contribution in [1.82, 2.24) is 24.7 Å². The predicted molar refractivity (Wildman–Crippen MR) is 104 cm³/mol. The van der Waals surface area contributed by atoms with Gasteiger partial charge in [-0.2, -0.15) is 0 Å². The van der Waals surface area contributed by atoms with E-state index in [4.69, 9.17) is 9.47 Å². The zero-order valence-electron chi connectivity index (χ0n) is 16.3. The molecule has 8 nitrogen and oxygen atoms in total. The minimum absolute atomic E-state index is 0.0812. The van der Waals surface area contributed by atoms with Gasteiger partial charge in [0.2, 0.25) is 0 Å². The first kappa shape index (κ1) is 19.3. The van der Waals surface area contributed by atoms with E-state index in [9.17, 15) is 4.79 Å². The number of aromatic amines is 1. The minimum Gasteiger partial charge on any atom is -0.491 e. The number of H-pyrrole nitrogens is 1. The quantitative estimate of drug-likeness (QED) is 0.497. The van der Waals surface area contributed by atoms with Crippen molar-refractivity contribution in [2.24, 2.45) is 0 Å². The fourth-order valence-electron chi connectivity index (χ4n) is 2.60. The second-order valence-electron chi connectivity index (χ2n) is 6.62. The van der Waals surface area contributed by atoms with Gasteiger partial charge in [-0.1, -0.05) is 0 Å². The average Bonchev–Trinajstić information content (AvgIpc) is 3.31. The second kappa shape index (κ2) is 8.51. The fraction of sp³-hybridized carbons (Fsp3) is 0.300. The third-order valence-corrected chi connectivity index (χ3v) is 3.75. The summed E-state index contributed by atoms with van der Waals surface area (Å²) in [6, 6.07) is 5.85. The molecule has 0 fully saturated rings. The van der Waals surface area contributed by atoms with Crippen molar-refractivity contribution in [2.75, 3.05) is 0 Å². The lowest BCUT2D eigenvalue weighted by Gasteiger charge is -2.11. The average molecular weight is 381 g/mol.